The van der Waals surface area contributed by atoms with E-state index in [0.29, 0.717) is 11.8 Å². The Bertz CT molecular complexity index is 4480. The van der Waals surface area contributed by atoms with Crippen LogP contribution < -0.4 is 9.80 Å². The van der Waals surface area contributed by atoms with Crippen molar-refractivity contribution in [2.75, 3.05) is 9.80 Å². The van der Waals surface area contributed by atoms with E-state index in [1.54, 1.807) is 0 Å². The van der Waals surface area contributed by atoms with Gasteiger partial charge in [0.25, 0.3) is 0 Å². The van der Waals surface area contributed by atoms with Crippen LogP contribution in [0.3, 0.4) is 0 Å². The summed E-state index contributed by atoms with van der Waals surface area (Å²) in [4.78, 5) is 5.07. The molecule has 78 heavy (non-hydrogen) atoms. The highest BCUT2D eigenvalue weighted by Crippen LogP contribution is 2.53. The van der Waals surface area contributed by atoms with Crippen LogP contribution in [0.25, 0.3) is 98.4 Å². The van der Waals surface area contributed by atoms with Gasteiger partial charge in [-0.1, -0.05) is 197 Å². The second-order valence-corrected chi connectivity index (χ2v) is 22.2. The molecule has 374 valence electrons. The van der Waals surface area contributed by atoms with Crippen molar-refractivity contribution in [1.29, 1.82) is 0 Å². The first-order valence-corrected chi connectivity index (χ1v) is 27.6. The summed E-state index contributed by atoms with van der Waals surface area (Å²) in [5.41, 5.74) is 24.1. The van der Waals surface area contributed by atoms with Gasteiger partial charge >= 0.3 is 0 Å². The lowest BCUT2D eigenvalue weighted by atomic mass is 9.95. The van der Waals surface area contributed by atoms with Gasteiger partial charge in [-0.05, 0) is 121 Å². The molecule has 0 N–H and O–H groups in total. The molecule has 4 aromatic heterocycles. The zero-order chi connectivity index (χ0) is 52.5. The van der Waals surface area contributed by atoms with E-state index < -0.39 is 0 Å². The number of fused-ring (bicyclic) bond motifs is 12. The van der Waals surface area contributed by atoms with E-state index in [0.717, 1.165) is 22.7 Å². The quantitative estimate of drug-likeness (QED) is 0.136. The average molecular weight is 1000 g/mol. The third-order valence-corrected chi connectivity index (χ3v) is 16.9. The lowest BCUT2D eigenvalue weighted by molar-refractivity contribution is 0.866. The van der Waals surface area contributed by atoms with Gasteiger partial charge in [-0.3, -0.25) is 0 Å². The topological polar surface area (TPSA) is 15.3 Å². The number of hydrogen-bond donors (Lipinski definition) is 0. The molecule has 0 radical (unpaired) electrons. The highest BCUT2D eigenvalue weighted by atomic mass is 15.2. The van der Waals surface area contributed by atoms with Crippen molar-refractivity contribution >= 4 is 110 Å². The summed E-state index contributed by atoms with van der Waals surface area (Å²) in [5, 5.41) is 9.98. The van der Waals surface area contributed by atoms with Crippen molar-refractivity contribution < 1.29 is 0 Å². The molecule has 4 heteroatoms. The molecule has 0 bridgehead atoms. The second-order valence-electron chi connectivity index (χ2n) is 22.2. The average Bonchev–Trinajstić information content (AvgIpc) is 2.79. The molecule has 4 nitrogen and oxygen atoms in total. The van der Waals surface area contributed by atoms with E-state index in [9.17, 15) is 0 Å². The van der Waals surface area contributed by atoms with Gasteiger partial charge in [0, 0.05) is 65.6 Å². The van der Waals surface area contributed by atoms with Crippen LogP contribution in [0.1, 0.15) is 61.8 Å². The molecule has 0 aliphatic carbocycles. The van der Waals surface area contributed by atoms with Crippen molar-refractivity contribution in [3.63, 3.8) is 0 Å². The van der Waals surface area contributed by atoms with Crippen LogP contribution >= 0.6 is 0 Å². The number of rotatable bonds is 10. The Hall–Kier alpha value is -9.38. The van der Waals surface area contributed by atoms with Gasteiger partial charge in [-0.25, -0.2) is 0 Å². The molecule has 0 atom stereocenters. The first-order valence-electron chi connectivity index (χ1n) is 27.6. The smallest absolute Gasteiger partial charge is 0.0641 e. The van der Waals surface area contributed by atoms with Crippen LogP contribution in [-0.2, 0) is 0 Å². The second kappa shape index (κ2) is 17.6. The number of para-hydroxylation sites is 2. The Kier molecular flexibility index (Phi) is 10.4. The molecular formula is C74H58N4. The molecule has 0 amide bonds. The van der Waals surface area contributed by atoms with Crippen LogP contribution in [0.2, 0.25) is 0 Å². The first-order chi connectivity index (χ1) is 38.2. The van der Waals surface area contributed by atoms with Crippen molar-refractivity contribution in [2.45, 2.75) is 53.4 Å². The maximum atomic E-state index is 2.57. The zero-order valence-electron chi connectivity index (χ0n) is 44.9. The standard InChI is InChI=1S/C74H58N4/c1-45(2)51-29-35-55(49-17-9-7-10-18-49)67(41-51)75(53-31-25-47(5)26-32-53)65-39-37-57-61-43-70-62(44-69(61)77-63-23-15-13-21-59(63)71(65)73(57)77)58-38-40-66(72-60-22-14-16-24-64(60)78(70)74(58)72)76(54-33-27-48(6)28-34-54)68-42-52(46(3)4)30-36-56(68)50-19-11-8-12-20-50/h7-46H,1-6H3. The van der Waals surface area contributed by atoms with E-state index in [-0.39, 0.29) is 0 Å². The number of aromatic nitrogens is 2. The summed E-state index contributed by atoms with van der Waals surface area (Å²) in [6.45, 7) is 13.5. The molecule has 0 aliphatic heterocycles. The number of nitrogens with zero attached hydrogens (tertiary/aromatic N) is 4. The maximum absolute atomic E-state index is 2.57. The van der Waals surface area contributed by atoms with E-state index in [1.807, 2.05) is 0 Å². The monoisotopic (exact) mass is 1000 g/mol. The van der Waals surface area contributed by atoms with Crippen LogP contribution in [0.15, 0.2) is 231 Å². The fraction of sp³-hybridized carbons (Fsp3) is 0.108. The maximum Gasteiger partial charge on any atom is 0.0641 e. The van der Waals surface area contributed by atoms with Gasteiger partial charge in [0.05, 0.1) is 55.8 Å². The summed E-state index contributed by atoms with van der Waals surface area (Å²) in [7, 11) is 0. The van der Waals surface area contributed by atoms with Crippen LogP contribution in [0.4, 0.5) is 34.1 Å². The number of aryl methyl sites for hydroxylation is 2. The predicted molar refractivity (Wildman–Crippen MR) is 334 cm³/mol. The molecule has 4 heterocycles. The largest absolute Gasteiger partial charge is 0.309 e. The Balaban J connectivity index is 1.02. The fourth-order valence-electron chi connectivity index (χ4n) is 13.0. The van der Waals surface area contributed by atoms with Gasteiger partial charge in [-0.15, -0.1) is 0 Å². The minimum atomic E-state index is 0.355. The molecule has 15 rings (SSSR count). The molecule has 0 unspecified atom stereocenters. The SMILES string of the molecule is Cc1ccc(N(c2cc(C(C)C)ccc2-c2ccccc2)c2ccc3c4cc5c(cc4n4c6ccccc6c2c34)c2ccc(N(c3ccc(C)cc3)c3cc(C(C)C)ccc3-c3ccccc3)c3c4ccccc4n5c23)cc1. The van der Waals surface area contributed by atoms with Crippen molar-refractivity contribution in [3.05, 3.63) is 253 Å². The minimum absolute atomic E-state index is 0.355. The van der Waals surface area contributed by atoms with E-state index in [2.05, 4.69) is 291 Å². The van der Waals surface area contributed by atoms with Crippen molar-refractivity contribution in [3.8, 4) is 22.3 Å². The van der Waals surface area contributed by atoms with E-state index in [4.69, 9.17) is 0 Å². The van der Waals surface area contributed by atoms with E-state index >= 15 is 0 Å². The first kappa shape index (κ1) is 46.0. The van der Waals surface area contributed by atoms with Crippen LogP contribution in [0, 0.1) is 13.8 Å². The summed E-state index contributed by atoms with van der Waals surface area (Å²) in [6, 6.07) is 86.8. The highest BCUT2D eigenvalue weighted by molar-refractivity contribution is 6.32. The van der Waals surface area contributed by atoms with Crippen LogP contribution in [-0.4, -0.2) is 8.80 Å². The Morgan fingerprint density at radius 3 is 1.09 bits per heavy atom. The summed E-state index contributed by atoms with van der Waals surface area (Å²) >= 11 is 0. The van der Waals surface area contributed by atoms with Gasteiger partial charge in [0.15, 0.2) is 0 Å². The van der Waals surface area contributed by atoms with Gasteiger partial charge in [-0.2, -0.15) is 0 Å². The number of benzene rings is 11. The fourth-order valence-corrected chi connectivity index (χ4v) is 13.0. The molecular weight excluding hydrogens is 945 g/mol. The summed E-state index contributed by atoms with van der Waals surface area (Å²) in [6.07, 6.45) is 0. The minimum Gasteiger partial charge on any atom is -0.309 e. The normalized spacial score (nSPS) is 12.2. The van der Waals surface area contributed by atoms with Crippen molar-refractivity contribution in [2.24, 2.45) is 0 Å². The molecule has 0 saturated heterocycles. The van der Waals surface area contributed by atoms with Gasteiger partial charge in [0.1, 0.15) is 0 Å². The zero-order valence-corrected chi connectivity index (χ0v) is 44.9. The molecule has 11 aromatic carbocycles. The summed E-state index contributed by atoms with van der Waals surface area (Å²) < 4.78 is 5.14. The molecule has 0 fully saturated rings. The predicted octanol–water partition coefficient (Wildman–Crippen LogP) is 21.1. The number of anilines is 6. The van der Waals surface area contributed by atoms with Crippen molar-refractivity contribution in [1.82, 2.24) is 8.80 Å². The third kappa shape index (κ3) is 6.85. The Morgan fingerprint density at radius 1 is 0.308 bits per heavy atom. The molecule has 15 aromatic rings. The third-order valence-electron chi connectivity index (χ3n) is 16.9. The van der Waals surface area contributed by atoms with Gasteiger partial charge in [0.2, 0.25) is 0 Å². The highest BCUT2D eigenvalue weighted by Gasteiger charge is 2.30. The van der Waals surface area contributed by atoms with E-state index in [1.165, 1.54) is 132 Å². The molecule has 0 aliphatic rings. The molecule has 0 spiro atoms. The van der Waals surface area contributed by atoms with Crippen LogP contribution in [0.5, 0.6) is 0 Å². The molecule has 0 saturated carbocycles. The Labute approximate surface area is 454 Å². The Morgan fingerprint density at radius 2 is 0.692 bits per heavy atom. The summed E-state index contributed by atoms with van der Waals surface area (Å²) in [5.74, 6) is 0.709. The lowest BCUT2D eigenvalue weighted by Crippen LogP contribution is -2.12. The lowest BCUT2D eigenvalue weighted by Gasteiger charge is -2.30. The van der Waals surface area contributed by atoms with Gasteiger partial charge < -0.3 is 18.6 Å². The number of hydrogen-bond acceptors (Lipinski definition) is 2.